The molecular weight excluding hydrogens is 258 g/mol. The van der Waals surface area contributed by atoms with Crippen LogP contribution in [0, 0.1) is 0 Å². The van der Waals surface area contributed by atoms with Crippen LogP contribution in [0.15, 0.2) is 24.3 Å². The molecule has 100 valence electrons. The van der Waals surface area contributed by atoms with Crippen LogP contribution >= 0.6 is 0 Å². The molecule has 1 rings (SSSR count). The number of ether oxygens (including phenoxy) is 1. The molecule has 0 aliphatic carbocycles. The molecule has 0 saturated carbocycles. The second kappa shape index (κ2) is 6.48. The summed E-state index contributed by atoms with van der Waals surface area (Å²) in [6.45, 7) is 0.178. The summed E-state index contributed by atoms with van der Waals surface area (Å²) in [4.78, 5) is 10.7. The molecule has 0 spiro atoms. The smallest absolute Gasteiger partial charge is 0.335 e. The quantitative estimate of drug-likeness (QED) is 0.752. The Labute approximate surface area is 106 Å². The van der Waals surface area contributed by atoms with Crippen LogP contribution in [0.5, 0.6) is 0 Å². The first-order chi connectivity index (χ1) is 8.44. The molecule has 1 aromatic carbocycles. The molecule has 0 unspecified atom stereocenters. The molecule has 7 heteroatoms. The van der Waals surface area contributed by atoms with Crippen molar-refractivity contribution >= 4 is 16.0 Å². The number of carboxylic acid groups (broad SMARTS) is 1. The van der Waals surface area contributed by atoms with Gasteiger partial charge in [-0.25, -0.2) is 17.9 Å². The van der Waals surface area contributed by atoms with Crippen molar-refractivity contribution in [3.8, 4) is 0 Å². The van der Waals surface area contributed by atoms with Crippen molar-refractivity contribution in [3.63, 3.8) is 0 Å². The van der Waals surface area contributed by atoms with Gasteiger partial charge in [0.1, 0.15) is 0 Å². The summed E-state index contributed by atoms with van der Waals surface area (Å²) in [5, 5.41) is 8.80. The maximum absolute atomic E-state index is 11.5. The zero-order valence-corrected chi connectivity index (χ0v) is 10.7. The maximum atomic E-state index is 11.5. The summed E-state index contributed by atoms with van der Waals surface area (Å²) in [7, 11) is -1.97. The SMILES string of the molecule is COCCS(=O)(=O)NCc1cccc(C(=O)O)c1. The highest BCUT2D eigenvalue weighted by molar-refractivity contribution is 7.89. The monoisotopic (exact) mass is 273 g/mol. The van der Waals surface area contributed by atoms with Crippen molar-refractivity contribution in [1.82, 2.24) is 4.72 Å². The molecule has 0 bridgehead atoms. The first-order valence-corrected chi connectivity index (χ1v) is 6.88. The van der Waals surface area contributed by atoms with Crippen LogP contribution in [-0.2, 0) is 21.3 Å². The van der Waals surface area contributed by atoms with Gasteiger partial charge in [0.2, 0.25) is 10.0 Å². The Bertz CT molecular complexity index is 512. The lowest BCUT2D eigenvalue weighted by molar-refractivity contribution is 0.0696. The third-order valence-electron chi connectivity index (χ3n) is 2.23. The van der Waals surface area contributed by atoms with E-state index < -0.39 is 16.0 Å². The molecule has 0 radical (unpaired) electrons. The van der Waals surface area contributed by atoms with Crippen molar-refractivity contribution in [2.24, 2.45) is 0 Å². The van der Waals surface area contributed by atoms with Crippen LogP contribution in [0.4, 0.5) is 0 Å². The lowest BCUT2D eigenvalue weighted by Crippen LogP contribution is -2.27. The summed E-state index contributed by atoms with van der Waals surface area (Å²) < 4.78 is 30.0. The number of aromatic carboxylic acids is 1. The van der Waals surface area contributed by atoms with Crippen LogP contribution in [0.2, 0.25) is 0 Å². The van der Waals surface area contributed by atoms with E-state index >= 15 is 0 Å². The molecule has 0 aromatic heterocycles. The fraction of sp³-hybridized carbons (Fsp3) is 0.364. The molecule has 1 aromatic rings. The fourth-order valence-corrected chi connectivity index (χ4v) is 2.19. The highest BCUT2D eigenvalue weighted by Gasteiger charge is 2.10. The van der Waals surface area contributed by atoms with E-state index in [4.69, 9.17) is 5.11 Å². The van der Waals surface area contributed by atoms with E-state index in [-0.39, 0.29) is 24.5 Å². The van der Waals surface area contributed by atoms with Crippen molar-refractivity contribution in [3.05, 3.63) is 35.4 Å². The van der Waals surface area contributed by atoms with E-state index in [0.717, 1.165) is 0 Å². The molecule has 0 aliphatic rings. The molecular formula is C11H15NO5S. The van der Waals surface area contributed by atoms with Crippen LogP contribution in [0.3, 0.4) is 0 Å². The molecule has 0 atom stereocenters. The van der Waals surface area contributed by atoms with Gasteiger partial charge in [-0.1, -0.05) is 12.1 Å². The molecule has 0 saturated heterocycles. The van der Waals surface area contributed by atoms with Crippen molar-refractivity contribution in [2.45, 2.75) is 6.54 Å². The van der Waals surface area contributed by atoms with Gasteiger partial charge in [0, 0.05) is 13.7 Å². The maximum Gasteiger partial charge on any atom is 0.335 e. The van der Waals surface area contributed by atoms with Gasteiger partial charge < -0.3 is 9.84 Å². The minimum atomic E-state index is -3.40. The fourth-order valence-electron chi connectivity index (χ4n) is 1.27. The van der Waals surface area contributed by atoms with Crippen molar-refractivity contribution < 1.29 is 23.1 Å². The Morgan fingerprint density at radius 1 is 1.44 bits per heavy atom. The summed E-state index contributed by atoms with van der Waals surface area (Å²) in [5.74, 6) is -1.17. The lowest BCUT2D eigenvalue weighted by atomic mass is 10.1. The number of hydrogen-bond acceptors (Lipinski definition) is 4. The normalized spacial score (nSPS) is 11.4. The number of sulfonamides is 1. The molecule has 0 heterocycles. The van der Waals surface area contributed by atoms with E-state index in [1.165, 1.54) is 19.2 Å². The van der Waals surface area contributed by atoms with Crippen LogP contribution < -0.4 is 4.72 Å². The van der Waals surface area contributed by atoms with E-state index in [2.05, 4.69) is 9.46 Å². The third-order valence-corrected chi connectivity index (χ3v) is 3.51. The van der Waals surface area contributed by atoms with Gasteiger partial charge in [-0.05, 0) is 17.7 Å². The number of hydrogen-bond donors (Lipinski definition) is 2. The zero-order chi connectivity index (χ0) is 13.6. The van der Waals surface area contributed by atoms with Crippen LogP contribution in [-0.4, -0.2) is 39.0 Å². The van der Waals surface area contributed by atoms with Crippen LogP contribution in [0.25, 0.3) is 0 Å². The average molecular weight is 273 g/mol. The minimum absolute atomic E-state index is 0.0627. The van der Waals surface area contributed by atoms with Gasteiger partial charge in [-0.15, -0.1) is 0 Å². The Morgan fingerprint density at radius 3 is 2.78 bits per heavy atom. The summed E-state index contributed by atoms with van der Waals surface area (Å²) in [5.41, 5.74) is 0.722. The Kier molecular flexibility index (Phi) is 5.26. The van der Waals surface area contributed by atoms with E-state index in [1.54, 1.807) is 12.1 Å². The summed E-state index contributed by atoms with van der Waals surface area (Å²) in [6, 6.07) is 6.11. The van der Waals surface area contributed by atoms with Crippen molar-refractivity contribution in [1.29, 1.82) is 0 Å². The van der Waals surface area contributed by atoms with E-state index in [9.17, 15) is 13.2 Å². The molecule has 0 aliphatic heterocycles. The topological polar surface area (TPSA) is 92.7 Å². The Balaban J connectivity index is 2.63. The number of carbonyl (C=O) groups is 1. The van der Waals surface area contributed by atoms with Crippen molar-refractivity contribution in [2.75, 3.05) is 19.5 Å². The van der Waals surface area contributed by atoms with Gasteiger partial charge in [0.25, 0.3) is 0 Å². The number of rotatable bonds is 7. The van der Waals surface area contributed by atoms with E-state index in [0.29, 0.717) is 5.56 Å². The summed E-state index contributed by atoms with van der Waals surface area (Å²) >= 11 is 0. The number of nitrogens with one attached hydrogen (secondary N) is 1. The van der Waals surface area contributed by atoms with Gasteiger partial charge in [0.05, 0.1) is 17.9 Å². The molecule has 18 heavy (non-hydrogen) atoms. The minimum Gasteiger partial charge on any atom is -0.478 e. The van der Waals surface area contributed by atoms with Crippen LogP contribution in [0.1, 0.15) is 15.9 Å². The standard InChI is InChI=1S/C11H15NO5S/c1-17-5-6-18(15,16)12-8-9-3-2-4-10(7-9)11(13)14/h2-4,7,12H,5-6,8H2,1H3,(H,13,14). The number of benzene rings is 1. The lowest BCUT2D eigenvalue weighted by Gasteiger charge is -2.06. The average Bonchev–Trinajstić information content (AvgIpc) is 2.34. The second-order valence-electron chi connectivity index (χ2n) is 3.64. The highest BCUT2D eigenvalue weighted by Crippen LogP contribution is 2.05. The van der Waals surface area contributed by atoms with Gasteiger partial charge in [-0.2, -0.15) is 0 Å². The van der Waals surface area contributed by atoms with Gasteiger partial charge in [-0.3, -0.25) is 0 Å². The molecule has 0 fully saturated rings. The largest absolute Gasteiger partial charge is 0.478 e. The Hall–Kier alpha value is -1.44. The first-order valence-electron chi connectivity index (χ1n) is 5.23. The molecule has 0 amide bonds. The summed E-state index contributed by atoms with van der Waals surface area (Å²) in [6.07, 6.45) is 0. The number of carboxylic acids is 1. The predicted octanol–water partition coefficient (Wildman–Crippen LogP) is 0.451. The van der Waals surface area contributed by atoms with Gasteiger partial charge >= 0.3 is 5.97 Å². The second-order valence-corrected chi connectivity index (χ2v) is 5.56. The third kappa shape index (κ3) is 4.82. The zero-order valence-electron chi connectivity index (χ0n) is 9.92. The molecule has 2 N–H and O–H groups in total. The first kappa shape index (κ1) is 14.6. The highest BCUT2D eigenvalue weighted by atomic mass is 32.2. The predicted molar refractivity (Wildman–Crippen MR) is 65.9 cm³/mol. The number of methoxy groups -OCH3 is 1. The van der Waals surface area contributed by atoms with Gasteiger partial charge in [0.15, 0.2) is 0 Å². The van der Waals surface area contributed by atoms with E-state index in [1.807, 2.05) is 0 Å². The Morgan fingerprint density at radius 2 is 2.17 bits per heavy atom. The molecule has 6 nitrogen and oxygen atoms in total.